The molecule has 1 aromatic carbocycles. The summed E-state index contributed by atoms with van der Waals surface area (Å²) in [7, 11) is 2.88. The number of carbonyl (C=O) groups is 2. The smallest absolute Gasteiger partial charge is 0.305 e. The van der Waals surface area contributed by atoms with Crippen LogP contribution in [0, 0.1) is 27.7 Å². The van der Waals surface area contributed by atoms with E-state index in [9.17, 15) is 9.59 Å². The maximum atomic E-state index is 13.1. The summed E-state index contributed by atoms with van der Waals surface area (Å²) in [5.74, 6) is -1.10. The molecule has 4 N–H and O–H groups in total. The molecule has 15 rings (SSSR count). The van der Waals surface area contributed by atoms with Crippen molar-refractivity contribution in [3.63, 3.8) is 0 Å². The lowest BCUT2D eigenvalue weighted by molar-refractivity contribution is -0.141. The van der Waals surface area contributed by atoms with Crippen LogP contribution in [0.4, 0.5) is 0 Å². The summed E-state index contributed by atoms with van der Waals surface area (Å²) in [4.78, 5) is 85.8. The Bertz CT molecular complexity index is 4910. The molecule has 0 amide bonds. The highest BCUT2D eigenvalue weighted by atomic mass is 16.5. The van der Waals surface area contributed by atoms with E-state index in [0.717, 1.165) is 181 Å². The van der Waals surface area contributed by atoms with Crippen molar-refractivity contribution in [1.82, 2.24) is 59.8 Å². The van der Waals surface area contributed by atoms with Crippen LogP contribution >= 0.6 is 0 Å². The van der Waals surface area contributed by atoms with Crippen LogP contribution in [-0.2, 0) is 19.1 Å². The van der Waals surface area contributed by atoms with Gasteiger partial charge in [-0.05, 0) is 160 Å². The molecule has 2 aliphatic carbocycles. The zero-order chi connectivity index (χ0) is 62.6. The molecule has 8 aromatic heterocycles. The van der Waals surface area contributed by atoms with Gasteiger partial charge in [0.2, 0.25) is 0 Å². The van der Waals surface area contributed by atoms with Gasteiger partial charge in [0.15, 0.2) is 0 Å². The molecular formula is C74H70N12O4. The third-order valence-electron chi connectivity index (χ3n) is 20.4. The van der Waals surface area contributed by atoms with Crippen molar-refractivity contribution < 1.29 is 19.1 Å². The number of benzene rings is 1. The van der Waals surface area contributed by atoms with Crippen molar-refractivity contribution in [2.24, 2.45) is 0 Å². The first-order valence-electron chi connectivity index (χ1n) is 31.3. The Kier molecular flexibility index (Phi) is 13.1. The van der Waals surface area contributed by atoms with E-state index in [1.54, 1.807) is 0 Å². The molecule has 6 aliphatic rings. The number of aryl methyl sites for hydroxylation is 4. The summed E-state index contributed by atoms with van der Waals surface area (Å²) in [5.41, 5.74) is 34.1. The summed E-state index contributed by atoms with van der Waals surface area (Å²) in [6.07, 6.45) is 6.83. The number of methoxy groups -OCH3 is 2. The van der Waals surface area contributed by atoms with E-state index >= 15 is 0 Å². The molecule has 16 heteroatoms. The summed E-state index contributed by atoms with van der Waals surface area (Å²) < 4.78 is 10.5. The number of ether oxygens (including phenoxy) is 2. The van der Waals surface area contributed by atoms with Crippen LogP contribution < -0.4 is 0 Å². The molecule has 0 unspecified atom stereocenters. The van der Waals surface area contributed by atoms with Crippen molar-refractivity contribution in [2.45, 2.75) is 131 Å². The molecule has 450 valence electrons. The first kappa shape index (κ1) is 56.5. The number of esters is 2. The van der Waals surface area contributed by atoms with Gasteiger partial charge in [-0.25, -0.2) is 29.9 Å². The van der Waals surface area contributed by atoms with Gasteiger partial charge < -0.3 is 29.4 Å². The minimum absolute atomic E-state index is 0.0871. The minimum Gasteiger partial charge on any atom is -0.469 e. The standard InChI is InChI=1S/C74H70N12O4/c1-15-39-31(5)45-23-49-35(9)43(19-21-61(87)89-13)67(79-49)65-69-63(37(11)51(81-69)27-55-41(17-3)33(7)47(77-55)25-53(39)75-45)71-73(65)85-59-29-58-60(30-57(59)83-71)86-74-66-68-44(20-22-62(88)90-14)36(10)50(80-68)24-46-32(6)40(16-2)54(76-46)26-48-34(8)42(18-4)56(78-48)28-52-38(12)64(70(66)82-52)72(74)84-58/h15-16,23-30,35-36,43-44,75-76,81-82H,1-2,17-22H2,3-14H3/t35-,36-,43-,44-/m0/s1. The van der Waals surface area contributed by atoms with Crippen LogP contribution in [0.3, 0.4) is 0 Å². The van der Waals surface area contributed by atoms with Crippen LogP contribution in [0.1, 0.15) is 183 Å². The molecular weight excluding hydrogens is 1120 g/mol. The van der Waals surface area contributed by atoms with Crippen LogP contribution in [0.2, 0.25) is 0 Å². The summed E-state index contributed by atoms with van der Waals surface area (Å²) in [6.45, 7) is 30.0. The Balaban J connectivity index is 1.00. The number of aromatic nitrogens is 12. The Morgan fingerprint density at radius 2 is 0.811 bits per heavy atom. The van der Waals surface area contributed by atoms with E-state index in [4.69, 9.17) is 49.3 Å². The Hall–Kier alpha value is -9.96. The fourth-order valence-electron chi connectivity index (χ4n) is 15.2. The molecule has 0 saturated heterocycles. The number of carbonyl (C=O) groups excluding carboxylic acids is 2. The second-order valence-corrected chi connectivity index (χ2v) is 25.0. The predicted molar refractivity (Wildman–Crippen MR) is 360 cm³/mol. The molecule has 16 bridgehead atoms. The highest BCUT2D eigenvalue weighted by Gasteiger charge is 2.40. The summed E-state index contributed by atoms with van der Waals surface area (Å²) >= 11 is 0. The molecule has 0 fully saturated rings. The monoisotopic (exact) mass is 1190 g/mol. The molecule has 9 aromatic rings. The number of H-pyrrole nitrogens is 4. The maximum absolute atomic E-state index is 13.1. The van der Waals surface area contributed by atoms with E-state index in [1.807, 2.05) is 24.3 Å². The number of rotatable bonds is 10. The van der Waals surface area contributed by atoms with Crippen molar-refractivity contribution >= 4 is 113 Å². The molecule has 16 nitrogen and oxygen atoms in total. The zero-order valence-electron chi connectivity index (χ0n) is 53.0. The zero-order valence-corrected chi connectivity index (χ0v) is 53.0. The highest BCUT2D eigenvalue weighted by molar-refractivity contribution is 6.12. The fourth-order valence-corrected chi connectivity index (χ4v) is 15.2. The van der Waals surface area contributed by atoms with Gasteiger partial charge >= 0.3 is 11.9 Å². The van der Waals surface area contributed by atoms with Crippen molar-refractivity contribution in [3.05, 3.63) is 141 Å². The molecule has 12 heterocycles. The first-order chi connectivity index (χ1) is 43.4. The van der Waals surface area contributed by atoms with Crippen LogP contribution in [0.25, 0.3) is 146 Å². The van der Waals surface area contributed by atoms with Gasteiger partial charge in [0, 0.05) is 114 Å². The SMILES string of the molecule is C=Cc1c(C)c2cc3nc(c4c5[nH]c(cc6nc(cc1[nH]2)C(C)=C6CC)c(C)c5-c1nc2cc5nc6c(nc5cc2nc1-4)-c1c(C)c2cc4nc(cc5[nH]c(cc7nc(c-6c1[nH]2)[C@@H](CCC(=O)OC)[C@@H]7C)c(C)c5C=C)C(C)=C4CC)[C@@H](CCC(=O)OC)[C@@H]3C. The molecule has 0 saturated carbocycles. The first-order valence-corrected chi connectivity index (χ1v) is 31.3. The molecule has 90 heavy (non-hydrogen) atoms. The van der Waals surface area contributed by atoms with Gasteiger partial charge in [-0.1, -0.05) is 53.0 Å². The van der Waals surface area contributed by atoms with E-state index < -0.39 is 0 Å². The van der Waals surface area contributed by atoms with Crippen LogP contribution in [0.15, 0.2) is 61.7 Å². The maximum Gasteiger partial charge on any atom is 0.305 e. The Morgan fingerprint density at radius 1 is 0.456 bits per heavy atom. The lowest BCUT2D eigenvalue weighted by atomic mass is 9.85. The number of hydrogen-bond donors (Lipinski definition) is 4. The number of allylic oxidation sites excluding steroid dienone is 4. The van der Waals surface area contributed by atoms with Crippen molar-refractivity contribution in [3.8, 4) is 45.0 Å². The molecule has 0 radical (unpaired) electrons. The average molecular weight is 1190 g/mol. The van der Waals surface area contributed by atoms with Gasteiger partial charge in [0.25, 0.3) is 0 Å². The van der Waals surface area contributed by atoms with E-state index in [1.165, 1.54) is 25.4 Å². The second-order valence-electron chi connectivity index (χ2n) is 25.0. The normalized spacial score (nSPS) is 17.0. The topological polar surface area (TPSA) is 219 Å². The van der Waals surface area contributed by atoms with E-state index in [-0.39, 0.29) is 48.5 Å². The largest absolute Gasteiger partial charge is 0.469 e. The summed E-state index contributed by atoms with van der Waals surface area (Å²) in [6, 6.07) is 16.9. The third kappa shape index (κ3) is 8.31. The van der Waals surface area contributed by atoms with Crippen molar-refractivity contribution in [1.29, 1.82) is 0 Å². The third-order valence-corrected chi connectivity index (χ3v) is 20.4. The highest BCUT2D eigenvalue weighted by Crippen LogP contribution is 2.55. The minimum atomic E-state index is -0.278. The van der Waals surface area contributed by atoms with E-state index in [2.05, 4.69) is 139 Å². The molecule has 4 atom stereocenters. The summed E-state index contributed by atoms with van der Waals surface area (Å²) in [5, 5.41) is 0. The van der Waals surface area contributed by atoms with Gasteiger partial charge in [-0.3, -0.25) is 19.6 Å². The number of nitrogens with zero attached hydrogens (tertiary/aromatic N) is 8. The van der Waals surface area contributed by atoms with E-state index in [0.29, 0.717) is 46.3 Å². The number of hydrogen-bond acceptors (Lipinski definition) is 12. The Labute approximate surface area is 520 Å². The van der Waals surface area contributed by atoms with Gasteiger partial charge in [-0.2, -0.15) is 0 Å². The predicted octanol–water partition coefficient (Wildman–Crippen LogP) is 17.0. The van der Waals surface area contributed by atoms with Crippen LogP contribution in [-0.4, -0.2) is 86.0 Å². The quantitative estimate of drug-likeness (QED) is 0.0742. The average Bonchev–Trinajstić information content (AvgIpc) is 1.55. The number of fused-ring (bicyclic) bond motifs is 24. The van der Waals surface area contributed by atoms with Gasteiger partial charge in [0.05, 0.1) is 92.9 Å². The van der Waals surface area contributed by atoms with Crippen LogP contribution in [0.5, 0.6) is 0 Å². The number of nitrogens with one attached hydrogen (secondary N) is 4. The van der Waals surface area contributed by atoms with Crippen molar-refractivity contribution in [2.75, 3.05) is 14.2 Å². The number of aromatic amines is 4. The lowest BCUT2D eigenvalue weighted by Crippen LogP contribution is -2.08. The molecule has 0 spiro atoms. The Morgan fingerprint density at radius 3 is 1.17 bits per heavy atom. The molecule has 4 aliphatic heterocycles. The lowest BCUT2D eigenvalue weighted by Gasteiger charge is -2.17. The van der Waals surface area contributed by atoms with Gasteiger partial charge in [0.1, 0.15) is 11.4 Å². The second kappa shape index (κ2) is 20.8. The van der Waals surface area contributed by atoms with Gasteiger partial charge in [-0.15, -0.1) is 0 Å². The fraction of sp³-hybridized carbons (Fsp3) is 0.297.